The van der Waals surface area contributed by atoms with Crippen LogP contribution < -0.4 is 15.5 Å². The highest BCUT2D eigenvalue weighted by Crippen LogP contribution is 2.34. The average molecular weight is 277 g/mol. The third-order valence-electron chi connectivity index (χ3n) is 3.75. The van der Waals surface area contributed by atoms with Gasteiger partial charge in [-0.15, -0.1) is 0 Å². The minimum absolute atomic E-state index is 0.0572. The van der Waals surface area contributed by atoms with Gasteiger partial charge in [0.1, 0.15) is 24.0 Å². The Balaban J connectivity index is 2.43. The second-order valence-electron chi connectivity index (χ2n) is 5.33. The highest BCUT2D eigenvalue weighted by molar-refractivity contribution is 5.85. The number of amides is 1. The lowest BCUT2D eigenvalue weighted by Crippen LogP contribution is -2.42. The third kappa shape index (κ3) is 2.55. The van der Waals surface area contributed by atoms with Crippen LogP contribution in [-0.2, 0) is 4.79 Å². The Morgan fingerprint density at radius 2 is 2.15 bits per heavy atom. The Hall–Kier alpha value is -1.85. The molecule has 6 heteroatoms. The molecule has 2 heterocycles. The summed E-state index contributed by atoms with van der Waals surface area (Å²) in [6, 6.07) is -0.128. The van der Waals surface area contributed by atoms with Crippen molar-refractivity contribution in [2.75, 3.05) is 30.9 Å². The Labute approximate surface area is 120 Å². The molecule has 0 saturated carbocycles. The van der Waals surface area contributed by atoms with E-state index in [1.165, 1.54) is 0 Å². The zero-order chi connectivity index (χ0) is 14.7. The van der Waals surface area contributed by atoms with Crippen LogP contribution in [0.5, 0.6) is 0 Å². The standard InChI is InChI=1S/C14H23N5O/c1-9(2)11-12(15-3)17-8-18-13(11)19-7-5-6-10(19)14(20)16-4/h8-10H,5-7H2,1-4H3,(H,16,20)(H,15,17,18). The maximum atomic E-state index is 12.0. The molecule has 20 heavy (non-hydrogen) atoms. The normalized spacial score (nSPS) is 18.4. The van der Waals surface area contributed by atoms with Crippen LogP contribution >= 0.6 is 0 Å². The quantitative estimate of drug-likeness (QED) is 0.869. The van der Waals surface area contributed by atoms with Crippen LogP contribution in [0.4, 0.5) is 11.6 Å². The number of nitrogens with zero attached hydrogens (tertiary/aromatic N) is 3. The van der Waals surface area contributed by atoms with Gasteiger partial charge in [-0.1, -0.05) is 13.8 Å². The Bertz CT molecular complexity index is 488. The van der Waals surface area contributed by atoms with Gasteiger partial charge < -0.3 is 15.5 Å². The van der Waals surface area contributed by atoms with Crippen LogP contribution in [0.2, 0.25) is 0 Å². The number of hydrogen-bond donors (Lipinski definition) is 2. The van der Waals surface area contributed by atoms with E-state index in [2.05, 4.69) is 39.3 Å². The van der Waals surface area contributed by atoms with Crippen LogP contribution in [0.25, 0.3) is 0 Å². The fourth-order valence-electron chi connectivity index (χ4n) is 2.81. The zero-order valence-corrected chi connectivity index (χ0v) is 12.6. The molecular formula is C14H23N5O. The molecule has 0 spiro atoms. The van der Waals surface area contributed by atoms with Gasteiger partial charge in [0, 0.05) is 26.2 Å². The summed E-state index contributed by atoms with van der Waals surface area (Å²) in [6.07, 6.45) is 3.44. The molecule has 1 unspecified atom stereocenters. The number of rotatable bonds is 4. The van der Waals surface area contributed by atoms with Crippen molar-refractivity contribution in [3.63, 3.8) is 0 Å². The van der Waals surface area contributed by atoms with Gasteiger partial charge in [-0.3, -0.25) is 4.79 Å². The summed E-state index contributed by atoms with van der Waals surface area (Å²) in [4.78, 5) is 22.9. The molecule has 0 aromatic carbocycles. The predicted octanol–water partition coefficient (Wildman–Crippen LogP) is 1.36. The first-order chi connectivity index (χ1) is 9.60. The van der Waals surface area contributed by atoms with Gasteiger partial charge in [-0.05, 0) is 18.8 Å². The van der Waals surface area contributed by atoms with Crippen molar-refractivity contribution in [1.29, 1.82) is 0 Å². The van der Waals surface area contributed by atoms with Crippen molar-refractivity contribution in [3.8, 4) is 0 Å². The number of anilines is 2. The summed E-state index contributed by atoms with van der Waals surface area (Å²) in [5, 5.41) is 5.86. The molecule has 0 aliphatic carbocycles. The van der Waals surface area contributed by atoms with E-state index >= 15 is 0 Å². The third-order valence-corrected chi connectivity index (χ3v) is 3.75. The molecule has 1 atom stereocenters. The zero-order valence-electron chi connectivity index (χ0n) is 12.6. The van der Waals surface area contributed by atoms with Gasteiger partial charge in [0.05, 0.1) is 0 Å². The van der Waals surface area contributed by atoms with Crippen molar-refractivity contribution in [2.24, 2.45) is 0 Å². The van der Waals surface area contributed by atoms with Gasteiger partial charge in [0.2, 0.25) is 5.91 Å². The predicted molar refractivity (Wildman–Crippen MR) is 80.1 cm³/mol. The first-order valence-corrected chi connectivity index (χ1v) is 7.11. The van der Waals surface area contributed by atoms with E-state index in [1.54, 1.807) is 13.4 Å². The molecule has 1 aromatic heterocycles. The number of likely N-dealkylation sites (N-methyl/N-ethyl adjacent to an activating group) is 1. The van der Waals surface area contributed by atoms with Crippen LogP contribution in [0.1, 0.15) is 38.2 Å². The monoisotopic (exact) mass is 277 g/mol. The molecule has 0 radical (unpaired) electrons. The summed E-state index contributed by atoms with van der Waals surface area (Å²) in [5.74, 6) is 2.07. The Kier molecular flexibility index (Phi) is 4.42. The van der Waals surface area contributed by atoms with Crippen LogP contribution in [0.15, 0.2) is 6.33 Å². The molecule has 1 aliphatic rings. The fourth-order valence-corrected chi connectivity index (χ4v) is 2.81. The Morgan fingerprint density at radius 3 is 2.75 bits per heavy atom. The molecule has 1 amide bonds. The maximum absolute atomic E-state index is 12.0. The van der Waals surface area contributed by atoms with E-state index in [1.807, 2.05) is 7.05 Å². The topological polar surface area (TPSA) is 70.2 Å². The highest BCUT2D eigenvalue weighted by atomic mass is 16.2. The van der Waals surface area contributed by atoms with Crippen molar-refractivity contribution < 1.29 is 4.79 Å². The molecular weight excluding hydrogens is 254 g/mol. The van der Waals surface area contributed by atoms with E-state index in [9.17, 15) is 4.79 Å². The molecule has 110 valence electrons. The van der Waals surface area contributed by atoms with Crippen LogP contribution in [0, 0.1) is 0 Å². The van der Waals surface area contributed by atoms with Crippen molar-refractivity contribution in [3.05, 3.63) is 11.9 Å². The average Bonchev–Trinajstić information content (AvgIpc) is 2.94. The SMILES string of the molecule is CNC(=O)C1CCCN1c1ncnc(NC)c1C(C)C. The first kappa shape index (κ1) is 14.6. The molecule has 0 bridgehead atoms. The lowest BCUT2D eigenvalue weighted by atomic mass is 10.0. The molecule has 1 fully saturated rings. The summed E-state index contributed by atoms with van der Waals surface area (Å²) in [5.41, 5.74) is 1.07. The fraction of sp³-hybridized carbons (Fsp3) is 0.643. The summed E-state index contributed by atoms with van der Waals surface area (Å²) >= 11 is 0. The summed E-state index contributed by atoms with van der Waals surface area (Å²) in [7, 11) is 3.54. The van der Waals surface area contributed by atoms with Gasteiger partial charge in [-0.25, -0.2) is 9.97 Å². The smallest absolute Gasteiger partial charge is 0.242 e. The van der Waals surface area contributed by atoms with Crippen LogP contribution in [0.3, 0.4) is 0 Å². The minimum atomic E-state index is -0.128. The number of hydrogen-bond acceptors (Lipinski definition) is 5. The molecule has 1 aliphatic heterocycles. The second kappa shape index (κ2) is 6.07. The van der Waals surface area contributed by atoms with Crippen LogP contribution in [-0.4, -0.2) is 42.6 Å². The summed E-state index contributed by atoms with van der Waals surface area (Å²) < 4.78 is 0. The van der Waals surface area contributed by atoms with Gasteiger partial charge in [0.25, 0.3) is 0 Å². The molecule has 2 rings (SSSR count). The number of carbonyl (C=O) groups excluding carboxylic acids is 1. The lowest BCUT2D eigenvalue weighted by Gasteiger charge is -2.28. The minimum Gasteiger partial charge on any atom is -0.373 e. The van der Waals surface area contributed by atoms with Gasteiger partial charge in [-0.2, -0.15) is 0 Å². The molecule has 1 saturated heterocycles. The summed E-state index contributed by atoms with van der Waals surface area (Å²) in [6.45, 7) is 5.10. The largest absolute Gasteiger partial charge is 0.373 e. The van der Waals surface area contributed by atoms with Gasteiger partial charge in [0.15, 0.2) is 0 Å². The number of aromatic nitrogens is 2. The molecule has 2 N–H and O–H groups in total. The Morgan fingerprint density at radius 1 is 1.40 bits per heavy atom. The molecule has 6 nitrogen and oxygen atoms in total. The maximum Gasteiger partial charge on any atom is 0.242 e. The lowest BCUT2D eigenvalue weighted by molar-refractivity contribution is -0.121. The van der Waals surface area contributed by atoms with E-state index in [0.29, 0.717) is 5.92 Å². The van der Waals surface area contributed by atoms with Crippen molar-refractivity contribution in [2.45, 2.75) is 38.6 Å². The second-order valence-corrected chi connectivity index (χ2v) is 5.33. The van der Waals surface area contributed by atoms with Crippen molar-refractivity contribution >= 4 is 17.5 Å². The van der Waals surface area contributed by atoms with E-state index in [4.69, 9.17) is 0 Å². The van der Waals surface area contributed by atoms with E-state index in [0.717, 1.165) is 36.6 Å². The van der Waals surface area contributed by atoms with E-state index in [-0.39, 0.29) is 11.9 Å². The highest BCUT2D eigenvalue weighted by Gasteiger charge is 2.33. The van der Waals surface area contributed by atoms with Crippen molar-refractivity contribution in [1.82, 2.24) is 15.3 Å². The number of nitrogens with one attached hydrogen (secondary N) is 2. The van der Waals surface area contributed by atoms with E-state index < -0.39 is 0 Å². The number of carbonyl (C=O) groups is 1. The molecule has 1 aromatic rings. The van der Waals surface area contributed by atoms with Gasteiger partial charge >= 0.3 is 0 Å². The first-order valence-electron chi connectivity index (χ1n) is 7.11.